The molecule has 1 aromatic heterocycles. The van der Waals surface area contributed by atoms with Gasteiger partial charge >= 0.3 is 0 Å². The minimum Gasteiger partial charge on any atom is -0.379 e. The first kappa shape index (κ1) is 11.6. The van der Waals surface area contributed by atoms with E-state index in [1.165, 1.54) is 11.1 Å². The molecule has 17 heavy (non-hydrogen) atoms. The third-order valence-corrected chi connectivity index (χ3v) is 2.91. The van der Waals surface area contributed by atoms with Gasteiger partial charge in [-0.05, 0) is 42.7 Å². The lowest BCUT2D eigenvalue weighted by Gasteiger charge is -2.09. The highest BCUT2D eigenvalue weighted by Crippen LogP contribution is 2.13. The second-order valence-electron chi connectivity index (χ2n) is 4.17. The zero-order chi connectivity index (χ0) is 12.1. The summed E-state index contributed by atoms with van der Waals surface area (Å²) in [6.45, 7) is 5.04. The molecule has 2 aromatic rings. The van der Waals surface area contributed by atoms with Crippen LogP contribution in [0, 0.1) is 6.92 Å². The van der Waals surface area contributed by atoms with E-state index in [0.717, 1.165) is 24.3 Å². The largest absolute Gasteiger partial charge is 0.379 e. The molecule has 0 atom stereocenters. The summed E-state index contributed by atoms with van der Waals surface area (Å²) in [5.41, 5.74) is 4.85. The predicted molar refractivity (Wildman–Crippen MR) is 72.1 cm³/mol. The summed E-state index contributed by atoms with van der Waals surface area (Å²) >= 11 is 0. The summed E-state index contributed by atoms with van der Waals surface area (Å²) in [4.78, 5) is 4.37. The van der Waals surface area contributed by atoms with Crippen molar-refractivity contribution in [2.75, 3.05) is 5.32 Å². The Labute approximate surface area is 103 Å². The Morgan fingerprint density at radius 2 is 2.06 bits per heavy atom. The second-order valence-corrected chi connectivity index (χ2v) is 4.17. The molecule has 0 unspecified atom stereocenters. The molecule has 0 radical (unpaired) electrons. The van der Waals surface area contributed by atoms with Crippen LogP contribution in [0.15, 0.2) is 42.6 Å². The highest BCUT2D eigenvalue weighted by Gasteiger charge is 1.99. The summed E-state index contributed by atoms with van der Waals surface area (Å²) in [5, 5.41) is 3.41. The van der Waals surface area contributed by atoms with Crippen molar-refractivity contribution in [3.63, 3.8) is 0 Å². The Morgan fingerprint density at radius 1 is 1.18 bits per heavy atom. The summed E-state index contributed by atoms with van der Waals surface area (Å²) < 4.78 is 0. The van der Waals surface area contributed by atoms with Gasteiger partial charge in [-0.1, -0.05) is 25.1 Å². The quantitative estimate of drug-likeness (QED) is 0.862. The van der Waals surface area contributed by atoms with Gasteiger partial charge in [-0.25, -0.2) is 0 Å². The van der Waals surface area contributed by atoms with E-state index >= 15 is 0 Å². The van der Waals surface area contributed by atoms with Crippen LogP contribution >= 0.6 is 0 Å². The summed E-state index contributed by atoms with van der Waals surface area (Å²) in [7, 11) is 0. The van der Waals surface area contributed by atoms with Gasteiger partial charge in [0.2, 0.25) is 0 Å². The third kappa shape index (κ3) is 3.06. The second kappa shape index (κ2) is 5.48. The Hall–Kier alpha value is -1.83. The summed E-state index contributed by atoms with van der Waals surface area (Å²) in [5.74, 6) is 0. The number of aromatic nitrogens is 1. The Bertz CT molecular complexity index is 492. The van der Waals surface area contributed by atoms with Crippen molar-refractivity contribution in [2.45, 2.75) is 26.8 Å². The van der Waals surface area contributed by atoms with Gasteiger partial charge in [-0.3, -0.25) is 4.98 Å². The van der Waals surface area contributed by atoms with Gasteiger partial charge in [-0.2, -0.15) is 0 Å². The van der Waals surface area contributed by atoms with E-state index in [-0.39, 0.29) is 0 Å². The van der Waals surface area contributed by atoms with Crippen LogP contribution in [0.1, 0.15) is 23.7 Å². The number of aryl methyl sites for hydroxylation is 2. The molecule has 2 heteroatoms. The fraction of sp³-hybridized carbons (Fsp3) is 0.267. The molecule has 0 amide bonds. The first-order valence-electron chi connectivity index (χ1n) is 6.03. The fourth-order valence-electron chi connectivity index (χ4n) is 1.79. The van der Waals surface area contributed by atoms with Crippen LogP contribution in [0.25, 0.3) is 0 Å². The SMILES string of the molecule is CCc1cccc(NCc2ncccc2C)c1. The van der Waals surface area contributed by atoms with E-state index in [4.69, 9.17) is 0 Å². The maximum atomic E-state index is 4.37. The Balaban J connectivity index is 2.05. The van der Waals surface area contributed by atoms with Crippen molar-refractivity contribution in [3.05, 3.63) is 59.4 Å². The van der Waals surface area contributed by atoms with Crippen molar-refractivity contribution in [1.29, 1.82) is 0 Å². The average Bonchev–Trinajstić information content (AvgIpc) is 2.38. The summed E-state index contributed by atoms with van der Waals surface area (Å²) in [6, 6.07) is 12.6. The Kier molecular flexibility index (Phi) is 3.76. The number of hydrogen-bond donors (Lipinski definition) is 1. The van der Waals surface area contributed by atoms with Gasteiger partial charge in [0.25, 0.3) is 0 Å². The van der Waals surface area contributed by atoms with E-state index in [0.29, 0.717) is 0 Å². The molecule has 1 N–H and O–H groups in total. The first-order chi connectivity index (χ1) is 8.29. The average molecular weight is 226 g/mol. The van der Waals surface area contributed by atoms with Crippen LogP contribution < -0.4 is 5.32 Å². The van der Waals surface area contributed by atoms with E-state index in [2.05, 4.69) is 54.5 Å². The molecule has 2 nitrogen and oxygen atoms in total. The molecular formula is C15H18N2. The molecule has 0 aliphatic carbocycles. The molecule has 1 aromatic carbocycles. The number of anilines is 1. The van der Waals surface area contributed by atoms with Crippen molar-refractivity contribution >= 4 is 5.69 Å². The topological polar surface area (TPSA) is 24.9 Å². The summed E-state index contributed by atoms with van der Waals surface area (Å²) in [6.07, 6.45) is 2.91. The van der Waals surface area contributed by atoms with E-state index in [1.807, 2.05) is 12.3 Å². The number of hydrogen-bond acceptors (Lipinski definition) is 2. The maximum absolute atomic E-state index is 4.37. The lowest BCUT2D eigenvalue weighted by Crippen LogP contribution is -2.03. The molecule has 88 valence electrons. The first-order valence-corrected chi connectivity index (χ1v) is 6.03. The van der Waals surface area contributed by atoms with Crippen LogP contribution in [-0.4, -0.2) is 4.98 Å². The molecule has 2 rings (SSSR count). The standard InChI is InChI=1S/C15H18N2/c1-3-13-7-4-8-14(10-13)17-11-15-12(2)6-5-9-16-15/h4-10,17H,3,11H2,1-2H3. The fourth-order valence-corrected chi connectivity index (χ4v) is 1.79. The zero-order valence-electron chi connectivity index (χ0n) is 10.4. The Morgan fingerprint density at radius 3 is 2.82 bits per heavy atom. The van der Waals surface area contributed by atoms with Crippen LogP contribution in [-0.2, 0) is 13.0 Å². The van der Waals surface area contributed by atoms with Gasteiger partial charge in [0.1, 0.15) is 0 Å². The third-order valence-electron chi connectivity index (χ3n) is 2.91. The van der Waals surface area contributed by atoms with Crippen LogP contribution in [0.5, 0.6) is 0 Å². The molecule has 0 aliphatic heterocycles. The van der Waals surface area contributed by atoms with Crippen LogP contribution in [0.3, 0.4) is 0 Å². The number of pyridine rings is 1. The van der Waals surface area contributed by atoms with E-state index < -0.39 is 0 Å². The van der Waals surface area contributed by atoms with Crippen LogP contribution in [0.2, 0.25) is 0 Å². The lowest BCUT2D eigenvalue weighted by atomic mass is 10.1. The molecule has 0 saturated carbocycles. The molecule has 1 heterocycles. The van der Waals surface area contributed by atoms with Crippen molar-refractivity contribution in [2.24, 2.45) is 0 Å². The number of nitrogens with one attached hydrogen (secondary N) is 1. The minimum absolute atomic E-state index is 0.778. The van der Waals surface area contributed by atoms with Gasteiger partial charge in [0.15, 0.2) is 0 Å². The van der Waals surface area contributed by atoms with Crippen LogP contribution in [0.4, 0.5) is 5.69 Å². The minimum atomic E-state index is 0.778. The predicted octanol–water partition coefficient (Wildman–Crippen LogP) is 3.56. The highest BCUT2D eigenvalue weighted by atomic mass is 14.9. The normalized spacial score (nSPS) is 10.2. The van der Waals surface area contributed by atoms with E-state index in [9.17, 15) is 0 Å². The zero-order valence-corrected chi connectivity index (χ0v) is 10.4. The monoisotopic (exact) mass is 226 g/mol. The van der Waals surface area contributed by atoms with E-state index in [1.54, 1.807) is 0 Å². The van der Waals surface area contributed by atoms with Gasteiger partial charge in [0.05, 0.1) is 12.2 Å². The van der Waals surface area contributed by atoms with Crippen molar-refractivity contribution < 1.29 is 0 Å². The van der Waals surface area contributed by atoms with Gasteiger partial charge in [0, 0.05) is 11.9 Å². The molecule has 0 saturated heterocycles. The smallest absolute Gasteiger partial charge is 0.0623 e. The lowest BCUT2D eigenvalue weighted by molar-refractivity contribution is 1.02. The maximum Gasteiger partial charge on any atom is 0.0623 e. The highest BCUT2D eigenvalue weighted by molar-refractivity contribution is 5.46. The molecular weight excluding hydrogens is 208 g/mol. The van der Waals surface area contributed by atoms with Crippen molar-refractivity contribution in [1.82, 2.24) is 4.98 Å². The number of rotatable bonds is 4. The molecule has 0 fully saturated rings. The number of nitrogens with zero attached hydrogens (tertiary/aromatic N) is 1. The molecule has 0 aliphatic rings. The number of benzene rings is 1. The van der Waals surface area contributed by atoms with Crippen molar-refractivity contribution in [3.8, 4) is 0 Å². The van der Waals surface area contributed by atoms with Gasteiger partial charge < -0.3 is 5.32 Å². The van der Waals surface area contributed by atoms with Gasteiger partial charge in [-0.15, -0.1) is 0 Å². The molecule has 0 spiro atoms. The molecule has 0 bridgehead atoms.